The Bertz CT molecular complexity index is 1230. The Balaban J connectivity index is 1.48. The molecule has 1 heterocycles. The lowest BCUT2D eigenvalue weighted by Gasteiger charge is -2.13. The van der Waals surface area contributed by atoms with Gasteiger partial charge in [0.15, 0.2) is 0 Å². The number of ether oxygens (including phenoxy) is 1. The van der Waals surface area contributed by atoms with Crippen LogP contribution in [0.2, 0.25) is 10.0 Å². The van der Waals surface area contributed by atoms with E-state index in [9.17, 15) is 14.0 Å². The van der Waals surface area contributed by atoms with Gasteiger partial charge in [-0.2, -0.15) is 0 Å². The summed E-state index contributed by atoms with van der Waals surface area (Å²) in [5.74, 6) is -0.212. The first-order valence-corrected chi connectivity index (χ1v) is 11.1. The summed E-state index contributed by atoms with van der Waals surface area (Å²) in [6.45, 7) is 0.137. The van der Waals surface area contributed by atoms with Crippen molar-refractivity contribution in [3.8, 4) is 5.75 Å². The predicted molar refractivity (Wildman–Crippen MR) is 125 cm³/mol. The molecule has 3 aromatic rings. The van der Waals surface area contributed by atoms with E-state index in [1.807, 2.05) is 0 Å². The van der Waals surface area contributed by atoms with Crippen molar-refractivity contribution in [3.63, 3.8) is 0 Å². The minimum Gasteiger partial charge on any atom is -0.489 e. The van der Waals surface area contributed by atoms with Crippen LogP contribution < -0.4 is 4.74 Å². The van der Waals surface area contributed by atoms with Crippen LogP contribution in [0, 0.1) is 5.82 Å². The molecule has 2 amide bonds. The number of benzene rings is 3. The van der Waals surface area contributed by atoms with Gasteiger partial charge in [0.2, 0.25) is 0 Å². The number of hydrogen-bond acceptors (Lipinski definition) is 4. The molecule has 4 nitrogen and oxygen atoms in total. The van der Waals surface area contributed by atoms with Crippen LogP contribution in [0.25, 0.3) is 6.08 Å². The van der Waals surface area contributed by atoms with Crippen molar-refractivity contribution in [2.75, 3.05) is 0 Å². The summed E-state index contributed by atoms with van der Waals surface area (Å²) in [5, 5.41) is 0.490. The quantitative estimate of drug-likeness (QED) is 0.353. The number of carbonyl (C=O) groups is 2. The Kier molecular flexibility index (Phi) is 6.84. The largest absolute Gasteiger partial charge is 0.489 e. The molecule has 8 heteroatoms. The van der Waals surface area contributed by atoms with Crippen LogP contribution in [-0.4, -0.2) is 16.0 Å². The van der Waals surface area contributed by atoms with Gasteiger partial charge in [-0.1, -0.05) is 59.6 Å². The zero-order valence-corrected chi connectivity index (χ0v) is 18.9. The molecule has 0 unspecified atom stereocenters. The molecular formula is C24H16Cl2FNO3S. The van der Waals surface area contributed by atoms with Crippen LogP contribution in [0.3, 0.4) is 0 Å². The zero-order valence-electron chi connectivity index (χ0n) is 16.6. The maximum absolute atomic E-state index is 13.8. The Morgan fingerprint density at radius 3 is 2.56 bits per heavy atom. The number of rotatable bonds is 6. The van der Waals surface area contributed by atoms with E-state index in [4.69, 9.17) is 27.9 Å². The summed E-state index contributed by atoms with van der Waals surface area (Å²) in [7, 11) is 0. The fourth-order valence-corrected chi connectivity index (χ4v) is 4.39. The molecule has 1 aliphatic heterocycles. The highest BCUT2D eigenvalue weighted by Crippen LogP contribution is 2.35. The van der Waals surface area contributed by atoms with Gasteiger partial charge in [0, 0.05) is 15.6 Å². The van der Waals surface area contributed by atoms with E-state index in [0.717, 1.165) is 16.7 Å². The average molecular weight is 488 g/mol. The summed E-state index contributed by atoms with van der Waals surface area (Å²) < 4.78 is 19.5. The van der Waals surface area contributed by atoms with Gasteiger partial charge in [-0.25, -0.2) is 4.39 Å². The molecule has 0 spiro atoms. The third-order valence-corrected chi connectivity index (χ3v) is 6.22. The van der Waals surface area contributed by atoms with E-state index in [2.05, 4.69) is 0 Å². The van der Waals surface area contributed by atoms with Crippen molar-refractivity contribution in [2.24, 2.45) is 0 Å². The standard InChI is InChI=1S/C24H16Cl2FNO3S/c25-18-9-8-16(20(26)12-18)13-28-23(29)22(32-24(28)30)11-15-4-3-6-19(10-15)31-14-17-5-1-2-7-21(17)27/h1-12H,13-14H2/b22-11-. The number of nitrogens with zero attached hydrogens (tertiary/aromatic N) is 1. The fraction of sp³-hybridized carbons (Fsp3) is 0.0833. The van der Waals surface area contributed by atoms with E-state index in [0.29, 0.717) is 37.4 Å². The van der Waals surface area contributed by atoms with E-state index in [-0.39, 0.29) is 24.2 Å². The van der Waals surface area contributed by atoms with E-state index < -0.39 is 5.91 Å². The van der Waals surface area contributed by atoms with E-state index in [1.165, 1.54) is 6.07 Å². The van der Waals surface area contributed by atoms with Crippen molar-refractivity contribution >= 4 is 52.2 Å². The number of imide groups is 1. The number of thioether (sulfide) groups is 1. The Hall–Kier alpha value is -2.80. The first kappa shape index (κ1) is 22.4. The molecular weight excluding hydrogens is 472 g/mol. The lowest BCUT2D eigenvalue weighted by Crippen LogP contribution is -2.27. The molecule has 4 rings (SSSR count). The molecule has 1 saturated heterocycles. The van der Waals surface area contributed by atoms with Crippen LogP contribution >= 0.6 is 35.0 Å². The monoisotopic (exact) mass is 487 g/mol. The minimum absolute atomic E-state index is 0.0593. The van der Waals surface area contributed by atoms with Crippen LogP contribution in [0.15, 0.2) is 71.6 Å². The second-order valence-corrected chi connectivity index (χ2v) is 8.79. The molecule has 0 bridgehead atoms. The van der Waals surface area contributed by atoms with Crippen molar-refractivity contribution in [1.29, 1.82) is 0 Å². The predicted octanol–water partition coefficient (Wildman–Crippen LogP) is 6.95. The second-order valence-electron chi connectivity index (χ2n) is 6.96. The molecule has 0 N–H and O–H groups in total. The van der Waals surface area contributed by atoms with Gasteiger partial charge >= 0.3 is 0 Å². The lowest BCUT2D eigenvalue weighted by atomic mass is 10.2. The van der Waals surface area contributed by atoms with Gasteiger partial charge in [0.25, 0.3) is 11.1 Å². The highest BCUT2D eigenvalue weighted by atomic mass is 35.5. The number of halogens is 3. The fourth-order valence-electron chi connectivity index (χ4n) is 3.08. The van der Waals surface area contributed by atoms with Gasteiger partial charge in [-0.15, -0.1) is 0 Å². The first-order chi connectivity index (χ1) is 15.4. The molecule has 0 saturated carbocycles. The highest BCUT2D eigenvalue weighted by molar-refractivity contribution is 8.18. The summed E-state index contributed by atoms with van der Waals surface area (Å²) >= 11 is 12.9. The Labute approximate surface area is 198 Å². The maximum atomic E-state index is 13.8. The normalized spacial score (nSPS) is 15.0. The smallest absolute Gasteiger partial charge is 0.293 e. The van der Waals surface area contributed by atoms with Gasteiger partial charge in [-0.3, -0.25) is 14.5 Å². The Morgan fingerprint density at radius 1 is 0.969 bits per heavy atom. The summed E-state index contributed by atoms with van der Waals surface area (Å²) in [4.78, 5) is 26.7. The molecule has 3 aromatic carbocycles. The van der Waals surface area contributed by atoms with Gasteiger partial charge in [0.1, 0.15) is 18.2 Å². The molecule has 0 atom stereocenters. The maximum Gasteiger partial charge on any atom is 0.293 e. The molecule has 1 fully saturated rings. The van der Waals surface area contributed by atoms with Gasteiger partial charge < -0.3 is 4.74 Å². The summed E-state index contributed by atoms with van der Waals surface area (Å²) in [6, 6.07) is 18.3. The third kappa shape index (κ3) is 5.15. The number of carbonyl (C=O) groups excluding carboxylic acids is 2. The second kappa shape index (κ2) is 9.77. The van der Waals surface area contributed by atoms with Crippen molar-refractivity contribution in [2.45, 2.75) is 13.2 Å². The summed E-state index contributed by atoms with van der Waals surface area (Å²) in [5.41, 5.74) is 1.76. The van der Waals surface area contributed by atoms with Crippen LogP contribution in [0.1, 0.15) is 16.7 Å². The van der Waals surface area contributed by atoms with Crippen LogP contribution in [0.4, 0.5) is 9.18 Å². The molecule has 1 aliphatic rings. The number of hydrogen-bond donors (Lipinski definition) is 0. The topological polar surface area (TPSA) is 46.6 Å². The van der Waals surface area contributed by atoms with Crippen molar-refractivity contribution < 1.29 is 18.7 Å². The first-order valence-electron chi connectivity index (χ1n) is 9.56. The van der Waals surface area contributed by atoms with Crippen LogP contribution in [0.5, 0.6) is 5.75 Å². The zero-order chi connectivity index (χ0) is 22.7. The molecule has 0 aromatic heterocycles. The third-order valence-electron chi connectivity index (χ3n) is 4.73. The van der Waals surface area contributed by atoms with E-state index >= 15 is 0 Å². The van der Waals surface area contributed by atoms with E-state index in [1.54, 1.807) is 66.7 Å². The molecule has 162 valence electrons. The minimum atomic E-state index is -0.399. The Morgan fingerprint density at radius 2 is 1.78 bits per heavy atom. The van der Waals surface area contributed by atoms with Gasteiger partial charge in [0.05, 0.1) is 11.4 Å². The lowest BCUT2D eigenvalue weighted by molar-refractivity contribution is -0.123. The average Bonchev–Trinajstić information content (AvgIpc) is 3.02. The summed E-state index contributed by atoms with van der Waals surface area (Å²) in [6.07, 6.45) is 1.63. The van der Waals surface area contributed by atoms with Gasteiger partial charge in [-0.05, 0) is 59.3 Å². The molecule has 32 heavy (non-hydrogen) atoms. The SMILES string of the molecule is O=C1S/C(=C\c2cccc(OCc3ccccc3F)c2)C(=O)N1Cc1ccc(Cl)cc1Cl. The van der Waals surface area contributed by atoms with Crippen LogP contribution in [-0.2, 0) is 17.9 Å². The highest BCUT2D eigenvalue weighted by Gasteiger charge is 2.35. The van der Waals surface area contributed by atoms with Crippen molar-refractivity contribution in [3.05, 3.63) is 104 Å². The molecule has 0 aliphatic carbocycles. The van der Waals surface area contributed by atoms with Crippen molar-refractivity contribution in [1.82, 2.24) is 4.90 Å². The number of amides is 2. The molecule has 0 radical (unpaired) electrons.